The highest BCUT2D eigenvalue weighted by Crippen LogP contribution is 2.24. The minimum Gasteiger partial charge on any atom is -0.496 e. The number of halogens is 1. The molecule has 0 saturated heterocycles. The molecule has 0 aliphatic carbocycles. The first-order chi connectivity index (χ1) is 8.99. The highest BCUT2D eigenvalue weighted by atomic mass is 79.9. The van der Waals surface area contributed by atoms with E-state index in [2.05, 4.69) is 15.9 Å². The van der Waals surface area contributed by atoms with Crippen molar-refractivity contribution in [2.24, 2.45) is 5.73 Å². The molecule has 0 fully saturated rings. The van der Waals surface area contributed by atoms with Gasteiger partial charge in [0.25, 0.3) is 5.91 Å². The van der Waals surface area contributed by atoms with E-state index in [1.807, 2.05) is 13.0 Å². The van der Waals surface area contributed by atoms with Gasteiger partial charge in [-0.25, -0.2) is 0 Å². The van der Waals surface area contributed by atoms with E-state index in [0.717, 1.165) is 4.47 Å². The van der Waals surface area contributed by atoms with Gasteiger partial charge in [0.2, 0.25) is 0 Å². The fraction of sp³-hybridized carbons (Fsp3) is 0.385. The van der Waals surface area contributed by atoms with Crippen molar-refractivity contribution >= 4 is 39.0 Å². The van der Waals surface area contributed by atoms with Gasteiger partial charge in [-0.2, -0.15) is 0 Å². The lowest BCUT2D eigenvalue weighted by molar-refractivity contribution is 0.0765. The van der Waals surface area contributed by atoms with Gasteiger partial charge in [0, 0.05) is 24.0 Å². The second kappa shape index (κ2) is 7.45. The smallest absolute Gasteiger partial charge is 0.257 e. The lowest BCUT2D eigenvalue weighted by Gasteiger charge is -2.21. The molecule has 0 saturated carbocycles. The predicted octanol–water partition coefficient (Wildman–Crippen LogP) is 2.60. The van der Waals surface area contributed by atoms with Crippen LogP contribution >= 0.6 is 28.1 Å². The summed E-state index contributed by atoms with van der Waals surface area (Å²) in [5, 5.41) is 0. The lowest BCUT2D eigenvalue weighted by Crippen LogP contribution is -2.33. The van der Waals surface area contributed by atoms with Crippen LogP contribution in [0.4, 0.5) is 0 Å². The van der Waals surface area contributed by atoms with Gasteiger partial charge in [-0.05, 0) is 25.1 Å². The molecule has 104 valence electrons. The van der Waals surface area contributed by atoms with Crippen LogP contribution in [-0.2, 0) is 0 Å². The van der Waals surface area contributed by atoms with Crippen molar-refractivity contribution in [3.05, 3.63) is 28.2 Å². The van der Waals surface area contributed by atoms with Crippen LogP contribution in [0.2, 0.25) is 0 Å². The molecule has 19 heavy (non-hydrogen) atoms. The molecule has 0 heterocycles. The second-order valence-corrected chi connectivity index (χ2v) is 5.39. The van der Waals surface area contributed by atoms with Crippen LogP contribution in [0.25, 0.3) is 0 Å². The average Bonchev–Trinajstić information content (AvgIpc) is 2.38. The molecule has 0 unspecified atom stereocenters. The van der Waals surface area contributed by atoms with Gasteiger partial charge in [0.1, 0.15) is 5.75 Å². The Morgan fingerprint density at radius 3 is 2.74 bits per heavy atom. The molecule has 1 amide bonds. The van der Waals surface area contributed by atoms with Crippen LogP contribution < -0.4 is 10.5 Å². The Hall–Kier alpha value is -1.14. The fourth-order valence-corrected chi connectivity index (χ4v) is 2.09. The highest BCUT2D eigenvalue weighted by molar-refractivity contribution is 9.10. The summed E-state index contributed by atoms with van der Waals surface area (Å²) in [5.41, 5.74) is 6.01. The third-order valence-electron chi connectivity index (χ3n) is 2.69. The molecule has 1 rings (SSSR count). The molecular formula is C13H17BrN2O2S. The SMILES string of the molecule is CCN(CCC(N)=S)C(=O)c1ccc(Br)cc1OC. The van der Waals surface area contributed by atoms with Crippen molar-refractivity contribution in [2.75, 3.05) is 20.2 Å². The zero-order valence-electron chi connectivity index (χ0n) is 11.0. The van der Waals surface area contributed by atoms with Gasteiger partial charge in [-0.3, -0.25) is 4.79 Å². The standard InChI is InChI=1S/C13H17BrN2O2S/c1-3-16(7-6-12(15)19)13(17)10-5-4-9(14)8-11(10)18-2/h4-5,8H,3,6-7H2,1-2H3,(H2,15,19). The van der Waals surface area contributed by atoms with Crippen molar-refractivity contribution in [1.29, 1.82) is 0 Å². The van der Waals surface area contributed by atoms with Gasteiger partial charge in [-0.15, -0.1) is 0 Å². The van der Waals surface area contributed by atoms with Crippen molar-refractivity contribution in [1.82, 2.24) is 4.90 Å². The van der Waals surface area contributed by atoms with Crippen LogP contribution in [0.3, 0.4) is 0 Å². The Balaban J connectivity index is 2.93. The van der Waals surface area contributed by atoms with Gasteiger partial charge in [-0.1, -0.05) is 28.1 Å². The summed E-state index contributed by atoms with van der Waals surface area (Å²) < 4.78 is 6.11. The summed E-state index contributed by atoms with van der Waals surface area (Å²) in [5.74, 6) is 0.469. The van der Waals surface area contributed by atoms with E-state index in [4.69, 9.17) is 22.7 Å². The number of hydrogen-bond acceptors (Lipinski definition) is 3. The fourth-order valence-electron chi connectivity index (χ4n) is 1.66. The monoisotopic (exact) mass is 344 g/mol. The first-order valence-electron chi connectivity index (χ1n) is 5.90. The summed E-state index contributed by atoms with van der Waals surface area (Å²) in [7, 11) is 1.55. The first-order valence-corrected chi connectivity index (χ1v) is 7.10. The Morgan fingerprint density at radius 2 is 2.21 bits per heavy atom. The number of methoxy groups -OCH3 is 1. The summed E-state index contributed by atoms with van der Waals surface area (Å²) in [6.07, 6.45) is 0.522. The van der Waals surface area contributed by atoms with Gasteiger partial charge < -0.3 is 15.4 Å². The van der Waals surface area contributed by atoms with Gasteiger partial charge >= 0.3 is 0 Å². The minimum absolute atomic E-state index is 0.0805. The van der Waals surface area contributed by atoms with E-state index >= 15 is 0 Å². The summed E-state index contributed by atoms with van der Waals surface area (Å²) in [6, 6.07) is 5.33. The van der Waals surface area contributed by atoms with Crippen LogP contribution in [-0.4, -0.2) is 36.0 Å². The van der Waals surface area contributed by atoms with Crippen LogP contribution in [0.1, 0.15) is 23.7 Å². The number of carbonyl (C=O) groups is 1. The Labute approximate surface area is 127 Å². The number of amides is 1. The molecule has 0 radical (unpaired) electrons. The van der Waals surface area contributed by atoms with E-state index in [1.54, 1.807) is 24.1 Å². The van der Waals surface area contributed by atoms with E-state index in [0.29, 0.717) is 35.8 Å². The number of carbonyl (C=O) groups excluding carboxylic acids is 1. The summed E-state index contributed by atoms with van der Waals surface area (Å²) in [4.78, 5) is 14.5. The van der Waals surface area contributed by atoms with Crippen LogP contribution in [0.15, 0.2) is 22.7 Å². The van der Waals surface area contributed by atoms with Crippen LogP contribution in [0.5, 0.6) is 5.75 Å². The number of nitrogens with zero attached hydrogens (tertiary/aromatic N) is 1. The zero-order valence-corrected chi connectivity index (χ0v) is 13.4. The topological polar surface area (TPSA) is 55.6 Å². The first kappa shape index (κ1) is 15.9. The predicted molar refractivity (Wildman–Crippen MR) is 83.7 cm³/mol. The number of thiocarbonyl (C=S) groups is 1. The average molecular weight is 345 g/mol. The molecule has 4 nitrogen and oxygen atoms in total. The molecule has 1 aromatic rings. The molecule has 0 atom stereocenters. The van der Waals surface area contributed by atoms with E-state index < -0.39 is 0 Å². The Kier molecular flexibility index (Phi) is 6.24. The quantitative estimate of drug-likeness (QED) is 0.806. The number of nitrogens with two attached hydrogens (primary N) is 1. The third kappa shape index (κ3) is 4.47. The number of ether oxygens (including phenoxy) is 1. The van der Waals surface area contributed by atoms with Crippen molar-refractivity contribution in [3.63, 3.8) is 0 Å². The molecule has 0 aliphatic heterocycles. The van der Waals surface area contributed by atoms with Gasteiger partial charge in [0.15, 0.2) is 0 Å². The van der Waals surface area contributed by atoms with Crippen molar-refractivity contribution in [2.45, 2.75) is 13.3 Å². The maximum absolute atomic E-state index is 12.4. The number of rotatable bonds is 6. The maximum atomic E-state index is 12.4. The molecule has 2 N–H and O–H groups in total. The summed E-state index contributed by atoms with van der Waals surface area (Å²) >= 11 is 8.19. The van der Waals surface area contributed by atoms with E-state index in [9.17, 15) is 4.79 Å². The molecule has 6 heteroatoms. The lowest BCUT2D eigenvalue weighted by atomic mass is 10.1. The molecule has 0 bridgehead atoms. The Bertz CT molecular complexity index is 480. The van der Waals surface area contributed by atoms with E-state index in [-0.39, 0.29) is 5.91 Å². The summed E-state index contributed by atoms with van der Waals surface area (Å²) in [6.45, 7) is 3.04. The third-order valence-corrected chi connectivity index (χ3v) is 3.39. The zero-order chi connectivity index (χ0) is 14.4. The highest BCUT2D eigenvalue weighted by Gasteiger charge is 2.18. The largest absolute Gasteiger partial charge is 0.496 e. The second-order valence-electron chi connectivity index (χ2n) is 3.95. The van der Waals surface area contributed by atoms with E-state index in [1.165, 1.54) is 0 Å². The van der Waals surface area contributed by atoms with Crippen molar-refractivity contribution in [3.8, 4) is 5.75 Å². The van der Waals surface area contributed by atoms with Gasteiger partial charge in [0.05, 0.1) is 17.7 Å². The van der Waals surface area contributed by atoms with Crippen LogP contribution in [0, 0.1) is 0 Å². The molecule has 0 aliphatic rings. The molecular weight excluding hydrogens is 328 g/mol. The molecule has 0 spiro atoms. The number of benzene rings is 1. The maximum Gasteiger partial charge on any atom is 0.257 e. The molecule has 0 aromatic heterocycles. The Morgan fingerprint density at radius 1 is 1.53 bits per heavy atom. The number of hydrogen-bond donors (Lipinski definition) is 1. The molecule has 1 aromatic carbocycles. The normalized spacial score (nSPS) is 10.1. The minimum atomic E-state index is -0.0805. The van der Waals surface area contributed by atoms with Crippen molar-refractivity contribution < 1.29 is 9.53 Å².